The van der Waals surface area contributed by atoms with Crippen molar-refractivity contribution < 1.29 is 14.3 Å². The molecule has 0 aliphatic carbocycles. The predicted octanol–water partition coefficient (Wildman–Crippen LogP) is 3.83. The van der Waals surface area contributed by atoms with Gasteiger partial charge in [0.25, 0.3) is 5.91 Å². The van der Waals surface area contributed by atoms with Gasteiger partial charge < -0.3 is 19.7 Å². The molecule has 26 heavy (non-hydrogen) atoms. The Balaban J connectivity index is 1.44. The fraction of sp³-hybridized carbons (Fsp3) is 0.400. The average molecular weight is 353 g/mol. The van der Waals surface area contributed by atoms with Crippen molar-refractivity contribution in [1.82, 2.24) is 4.98 Å². The van der Waals surface area contributed by atoms with Gasteiger partial charge in [0.15, 0.2) is 11.5 Å². The third-order valence-corrected chi connectivity index (χ3v) is 5.03. The predicted molar refractivity (Wildman–Crippen MR) is 100 cm³/mol. The number of carbonyl (C=O) groups is 1. The van der Waals surface area contributed by atoms with E-state index in [0.717, 1.165) is 18.8 Å². The molecule has 1 saturated heterocycles. The van der Waals surface area contributed by atoms with Crippen LogP contribution in [0.4, 0.5) is 11.5 Å². The van der Waals surface area contributed by atoms with E-state index in [2.05, 4.69) is 22.1 Å². The maximum Gasteiger partial charge on any atom is 0.255 e. The van der Waals surface area contributed by atoms with Crippen LogP contribution in [0.1, 0.15) is 43.0 Å². The number of hydrogen-bond donors (Lipinski definition) is 1. The third kappa shape index (κ3) is 3.31. The quantitative estimate of drug-likeness (QED) is 0.905. The molecule has 6 nitrogen and oxygen atoms in total. The van der Waals surface area contributed by atoms with E-state index in [1.807, 2.05) is 12.1 Å². The number of benzene rings is 1. The van der Waals surface area contributed by atoms with Crippen LogP contribution in [-0.4, -0.2) is 30.3 Å². The number of ether oxygens (including phenoxy) is 2. The van der Waals surface area contributed by atoms with Crippen LogP contribution < -0.4 is 19.7 Å². The van der Waals surface area contributed by atoms with Crippen molar-refractivity contribution in [3.8, 4) is 11.5 Å². The summed E-state index contributed by atoms with van der Waals surface area (Å²) < 4.78 is 10.6. The molecule has 1 atom stereocenters. The number of rotatable bonds is 4. The fourth-order valence-electron chi connectivity index (χ4n) is 3.60. The van der Waals surface area contributed by atoms with Crippen molar-refractivity contribution in [3.63, 3.8) is 0 Å². The van der Waals surface area contributed by atoms with Crippen LogP contribution in [0, 0.1) is 0 Å². The smallest absolute Gasteiger partial charge is 0.255 e. The van der Waals surface area contributed by atoms with Crippen LogP contribution in [0.2, 0.25) is 0 Å². The molecule has 4 rings (SSSR count). The number of pyridine rings is 1. The van der Waals surface area contributed by atoms with Crippen LogP contribution in [0.5, 0.6) is 11.5 Å². The number of carbonyl (C=O) groups excluding carboxylic acids is 1. The number of piperidine rings is 1. The molecule has 1 unspecified atom stereocenters. The average Bonchev–Trinajstić information content (AvgIpc) is 3.16. The highest BCUT2D eigenvalue weighted by atomic mass is 16.7. The minimum absolute atomic E-state index is 0.192. The van der Waals surface area contributed by atoms with Gasteiger partial charge >= 0.3 is 0 Å². The standard InChI is InChI=1S/C20H23N3O3/c1-2-16-5-3-4-10-23(16)19-9-7-15(12-21-19)22-20(24)14-6-8-17-18(11-14)26-13-25-17/h6-9,11-12,16H,2-5,10,13H2,1H3,(H,22,24). The van der Waals surface area contributed by atoms with Gasteiger partial charge in [-0.2, -0.15) is 0 Å². The second-order valence-electron chi connectivity index (χ2n) is 6.68. The Kier molecular flexibility index (Phi) is 4.65. The molecule has 1 aromatic carbocycles. The number of amides is 1. The van der Waals surface area contributed by atoms with Crippen molar-refractivity contribution in [3.05, 3.63) is 42.1 Å². The summed E-state index contributed by atoms with van der Waals surface area (Å²) in [6, 6.07) is 9.63. The van der Waals surface area contributed by atoms with Gasteiger partial charge in [0, 0.05) is 18.2 Å². The maximum atomic E-state index is 12.5. The minimum Gasteiger partial charge on any atom is -0.454 e. The van der Waals surface area contributed by atoms with Crippen molar-refractivity contribution in [2.24, 2.45) is 0 Å². The summed E-state index contributed by atoms with van der Waals surface area (Å²) in [4.78, 5) is 19.4. The summed E-state index contributed by atoms with van der Waals surface area (Å²) in [7, 11) is 0. The second kappa shape index (κ2) is 7.23. The highest BCUT2D eigenvalue weighted by Gasteiger charge is 2.22. The number of anilines is 2. The lowest BCUT2D eigenvalue weighted by Crippen LogP contribution is -2.39. The molecule has 0 spiro atoms. The topological polar surface area (TPSA) is 63.7 Å². The highest BCUT2D eigenvalue weighted by molar-refractivity contribution is 6.04. The number of nitrogens with zero attached hydrogens (tertiary/aromatic N) is 2. The van der Waals surface area contributed by atoms with E-state index in [0.29, 0.717) is 28.8 Å². The van der Waals surface area contributed by atoms with Crippen molar-refractivity contribution >= 4 is 17.4 Å². The lowest BCUT2D eigenvalue weighted by atomic mass is 10.00. The summed E-state index contributed by atoms with van der Waals surface area (Å²) in [6.07, 6.45) is 6.58. The summed E-state index contributed by atoms with van der Waals surface area (Å²) in [5.74, 6) is 2.06. The van der Waals surface area contributed by atoms with Crippen molar-refractivity contribution in [2.75, 3.05) is 23.6 Å². The maximum absolute atomic E-state index is 12.5. The summed E-state index contributed by atoms with van der Waals surface area (Å²) >= 11 is 0. The van der Waals surface area contributed by atoms with E-state index in [1.54, 1.807) is 24.4 Å². The molecule has 1 fully saturated rings. The molecule has 1 aromatic heterocycles. The monoisotopic (exact) mass is 353 g/mol. The largest absolute Gasteiger partial charge is 0.454 e. The van der Waals surface area contributed by atoms with Gasteiger partial charge in [-0.05, 0) is 56.0 Å². The SMILES string of the molecule is CCC1CCCCN1c1ccc(NC(=O)c2ccc3c(c2)OCO3)cn1. The van der Waals surface area contributed by atoms with Gasteiger partial charge in [0.1, 0.15) is 5.82 Å². The Morgan fingerprint density at radius 1 is 1.23 bits per heavy atom. The summed E-state index contributed by atoms with van der Waals surface area (Å²) in [6.45, 7) is 3.47. The molecular formula is C20H23N3O3. The zero-order valence-corrected chi connectivity index (χ0v) is 14.9. The minimum atomic E-state index is -0.192. The Hall–Kier alpha value is -2.76. The van der Waals surface area contributed by atoms with Gasteiger partial charge in [0.2, 0.25) is 6.79 Å². The first-order valence-electron chi connectivity index (χ1n) is 9.18. The molecule has 2 aromatic rings. The molecule has 136 valence electrons. The zero-order chi connectivity index (χ0) is 17.9. The van der Waals surface area contributed by atoms with E-state index in [-0.39, 0.29) is 12.7 Å². The number of fused-ring (bicyclic) bond motifs is 1. The number of aromatic nitrogens is 1. The summed E-state index contributed by atoms with van der Waals surface area (Å²) in [5.41, 5.74) is 1.21. The van der Waals surface area contributed by atoms with Crippen molar-refractivity contribution in [1.29, 1.82) is 0 Å². The molecular weight excluding hydrogens is 330 g/mol. The first-order chi connectivity index (χ1) is 12.7. The Labute approximate surface area is 153 Å². The van der Waals surface area contributed by atoms with Gasteiger partial charge in [-0.3, -0.25) is 4.79 Å². The van der Waals surface area contributed by atoms with E-state index in [1.165, 1.54) is 19.3 Å². The normalized spacial score (nSPS) is 18.7. The number of hydrogen-bond acceptors (Lipinski definition) is 5. The fourth-order valence-corrected chi connectivity index (χ4v) is 3.60. The molecule has 2 aliphatic rings. The van der Waals surface area contributed by atoms with Crippen LogP contribution >= 0.6 is 0 Å². The van der Waals surface area contributed by atoms with Gasteiger partial charge in [-0.1, -0.05) is 6.92 Å². The van der Waals surface area contributed by atoms with E-state index in [9.17, 15) is 4.79 Å². The Morgan fingerprint density at radius 2 is 2.12 bits per heavy atom. The van der Waals surface area contributed by atoms with E-state index in [4.69, 9.17) is 9.47 Å². The van der Waals surface area contributed by atoms with Crippen LogP contribution in [0.3, 0.4) is 0 Å². The van der Waals surface area contributed by atoms with Gasteiger partial charge in [-0.25, -0.2) is 4.98 Å². The van der Waals surface area contributed by atoms with E-state index < -0.39 is 0 Å². The lowest BCUT2D eigenvalue weighted by Gasteiger charge is -2.36. The molecule has 0 radical (unpaired) electrons. The van der Waals surface area contributed by atoms with Crippen LogP contribution in [-0.2, 0) is 0 Å². The first kappa shape index (κ1) is 16.7. The molecule has 6 heteroatoms. The lowest BCUT2D eigenvalue weighted by molar-refractivity contribution is 0.102. The molecule has 1 N–H and O–H groups in total. The van der Waals surface area contributed by atoms with Crippen molar-refractivity contribution in [2.45, 2.75) is 38.6 Å². The van der Waals surface area contributed by atoms with E-state index >= 15 is 0 Å². The molecule has 2 aliphatic heterocycles. The highest BCUT2D eigenvalue weighted by Crippen LogP contribution is 2.32. The van der Waals surface area contributed by atoms with Gasteiger partial charge in [-0.15, -0.1) is 0 Å². The van der Waals surface area contributed by atoms with Gasteiger partial charge in [0.05, 0.1) is 11.9 Å². The molecule has 0 bridgehead atoms. The van der Waals surface area contributed by atoms with Crippen LogP contribution in [0.25, 0.3) is 0 Å². The second-order valence-corrected chi connectivity index (χ2v) is 6.68. The first-order valence-corrected chi connectivity index (χ1v) is 9.18. The molecule has 0 saturated carbocycles. The Bertz CT molecular complexity index is 791. The van der Waals surface area contributed by atoms with Crippen LogP contribution in [0.15, 0.2) is 36.5 Å². The number of nitrogens with one attached hydrogen (secondary N) is 1. The molecule has 1 amide bonds. The summed E-state index contributed by atoms with van der Waals surface area (Å²) in [5, 5.41) is 2.89. The zero-order valence-electron chi connectivity index (χ0n) is 14.9. The third-order valence-electron chi connectivity index (χ3n) is 5.03. The Morgan fingerprint density at radius 3 is 2.92 bits per heavy atom. The molecule has 3 heterocycles.